The van der Waals surface area contributed by atoms with Crippen LogP contribution in [0.4, 0.5) is 5.69 Å². The Kier molecular flexibility index (Phi) is 4.19. The Balaban J connectivity index is 1.65. The Morgan fingerprint density at radius 3 is 2.30 bits per heavy atom. The van der Waals surface area contributed by atoms with Crippen LogP contribution in [0.3, 0.4) is 0 Å². The van der Waals surface area contributed by atoms with E-state index in [1.807, 2.05) is 55.5 Å². The minimum atomic E-state index is -0.120. The molecule has 0 aliphatic rings. The average Bonchev–Trinajstić information content (AvgIpc) is 2.95. The van der Waals surface area contributed by atoms with Gasteiger partial charge in [0.2, 0.25) is 11.8 Å². The monoisotopic (exact) mass is 307 g/mol. The Morgan fingerprint density at radius 1 is 1.00 bits per heavy atom. The third kappa shape index (κ3) is 3.83. The molecule has 1 amide bonds. The lowest BCUT2D eigenvalue weighted by atomic mass is 10.1. The summed E-state index contributed by atoms with van der Waals surface area (Å²) in [5, 5.41) is 10.7. The zero-order chi connectivity index (χ0) is 16.2. The molecule has 1 aromatic heterocycles. The molecule has 0 unspecified atom stereocenters. The summed E-state index contributed by atoms with van der Waals surface area (Å²) in [6.07, 6.45) is 0.576. The summed E-state index contributed by atoms with van der Waals surface area (Å²) in [6, 6.07) is 15.1. The van der Waals surface area contributed by atoms with Gasteiger partial charge in [0.25, 0.3) is 5.91 Å². The Labute approximate surface area is 134 Å². The lowest BCUT2D eigenvalue weighted by Gasteiger charge is -2.06. The van der Waals surface area contributed by atoms with E-state index in [1.54, 1.807) is 6.92 Å². The van der Waals surface area contributed by atoms with Crippen LogP contribution in [0.5, 0.6) is 0 Å². The Morgan fingerprint density at radius 2 is 1.70 bits per heavy atom. The fourth-order valence-electron chi connectivity index (χ4n) is 2.20. The molecule has 0 saturated heterocycles. The number of aromatic nitrogens is 2. The molecule has 1 heterocycles. The normalized spacial score (nSPS) is 10.5. The van der Waals surface area contributed by atoms with Crippen molar-refractivity contribution in [3.8, 4) is 0 Å². The highest BCUT2D eigenvalue weighted by atomic mass is 16.4. The second-order valence-corrected chi connectivity index (χ2v) is 5.41. The summed E-state index contributed by atoms with van der Waals surface area (Å²) >= 11 is 0. The third-order valence-electron chi connectivity index (χ3n) is 3.45. The molecule has 0 bridgehead atoms. The van der Waals surface area contributed by atoms with E-state index in [0.717, 1.165) is 16.8 Å². The molecule has 0 atom stereocenters. The molecule has 3 aromatic rings. The zero-order valence-corrected chi connectivity index (χ0v) is 13.0. The second kappa shape index (κ2) is 6.44. The van der Waals surface area contributed by atoms with E-state index in [4.69, 9.17) is 4.42 Å². The number of anilines is 1. The Hall–Kier alpha value is -2.95. The van der Waals surface area contributed by atoms with Gasteiger partial charge in [-0.3, -0.25) is 4.79 Å². The number of hydrogen-bond acceptors (Lipinski definition) is 4. The van der Waals surface area contributed by atoms with Gasteiger partial charge in [-0.05, 0) is 36.8 Å². The van der Waals surface area contributed by atoms with E-state index in [-0.39, 0.29) is 5.91 Å². The topological polar surface area (TPSA) is 68.0 Å². The molecule has 23 heavy (non-hydrogen) atoms. The molecule has 5 nitrogen and oxygen atoms in total. The van der Waals surface area contributed by atoms with Gasteiger partial charge < -0.3 is 9.73 Å². The van der Waals surface area contributed by atoms with Crippen LogP contribution in [-0.2, 0) is 6.42 Å². The van der Waals surface area contributed by atoms with E-state index < -0.39 is 0 Å². The first kappa shape index (κ1) is 15.0. The molecule has 0 radical (unpaired) electrons. The average molecular weight is 307 g/mol. The zero-order valence-electron chi connectivity index (χ0n) is 13.0. The van der Waals surface area contributed by atoms with Crippen molar-refractivity contribution >= 4 is 11.6 Å². The van der Waals surface area contributed by atoms with Gasteiger partial charge in [-0.2, -0.15) is 0 Å². The number of rotatable bonds is 4. The molecular formula is C18H17N3O2. The summed E-state index contributed by atoms with van der Waals surface area (Å²) < 4.78 is 5.36. The second-order valence-electron chi connectivity index (χ2n) is 5.41. The number of hydrogen-bond donors (Lipinski definition) is 1. The SMILES string of the molecule is Cc1ccc(C(=O)Nc2ccc(Cc3nnc(C)o3)cc2)cc1. The molecule has 0 saturated carbocycles. The lowest BCUT2D eigenvalue weighted by molar-refractivity contribution is 0.102. The molecule has 116 valence electrons. The molecular weight excluding hydrogens is 290 g/mol. The van der Waals surface area contributed by atoms with E-state index in [1.165, 1.54) is 0 Å². The maximum absolute atomic E-state index is 12.2. The number of carbonyl (C=O) groups is 1. The quantitative estimate of drug-likeness (QED) is 0.800. The van der Waals surface area contributed by atoms with Gasteiger partial charge in [-0.15, -0.1) is 10.2 Å². The fraction of sp³-hybridized carbons (Fsp3) is 0.167. The van der Waals surface area contributed by atoms with Gasteiger partial charge in [0.05, 0.1) is 6.42 Å². The highest BCUT2D eigenvalue weighted by molar-refractivity contribution is 6.04. The van der Waals surface area contributed by atoms with Crippen LogP contribution in [0.15, 0.2) is 52.9 Å². The molecule has 0 aliphatic carbocycles. The van der Waals surface area contributed by atoms with Crippen LogP contribution < -0.4 is 5.32 Å². The number of nitrogens with one attached hydrogen (secondary N) is 1. The van der Waals surface area contributed by atoms with Gasteiger partial charge >= 0.3 is 0 Å². The predicted molar refractivity (Wildman–Crippen MR) is 87.4 cm³/mol. The molecule has 0 fully saturated rings. The van der Waals surface area contributed by atoms with Crippen LogP contribution in [-0.4, -0.2) is 16.1 Å². The van der Waals surface area contributed by atoms with Gasteiger partial charge in [-0.25, -0.2) is 0 Å². The van der Waals surface area contributed by atoms with Gasteiger partial charge in [0.1, 0.15) is 0 Å². The van der Waals surface area contributed by atoms with Crippen molar-refractivity contribution in [3.63, 3.8) is 0 Å². The van der Waals surface area contributed by atoms with Gasteiger partial charge in [0.15, 0.2) is 0 Å². The van der Waals surface area contributed by atoms with Crippen molar-refractivity contribution in [1.29, 1.82) is 0 Å². The summed E-state index contributed by atoms with van der Waals surface area (Å²) in [5.41, 5.74) is 3.56. The summed E-state index contributed by atoms with van der Waals surface area (Å²) in [5.74, 6) is 1.02. The maximum atomic E-state index is 12.2. The van der Waals surface area contributed by atoms with E-state index in [9.17, 15) is 4.79 Å². The van der Waals surface area contributed by atoms with E-state index >= 15 is 0 Å². The van der Waals surface area contributed by atoms with E-state index in [0.29, 0.717) is 23.8 Å². The van der Waals surface area contributed by atoms with Crippen molar-refractivity contribution < 1.29 is 9.21 Å². The number of benzene rings is 2. The van der Waals surface area contributed by atoms with Crippen LogP contribution in [0.1, 0.15) is 33.3 Å². The molecule has 1 N–H and O–H groups in total. The fourth-order valence-corrected chi connectivity index (χ4v) is 2.20. The van der Waals surface area contributed by atoms with Crippen LogP contribution in [0.25, 0.3) is 0 Å². The van der Waals surface area contributed by atoms with E-state index in [2.05, 4.69) is 15.5 Å². The maximum Gasteiger partial charge on any atom is 0.255 e. The largest absolute Gasteiger partial charge is 0.425 e. The van der Waals surface area contributed by atoms with Crippen molar-refractivity contribution in [2.45, 2.75) is 20.3 Å². The predicted octanol–water partition coefficient (Wildman–Crippen LogP) is 3.53. The molecule has 0 aliphatic heterocycles. The third-order valence-corrected chi connectivity index (χ3v) is 3.45. The molecule has 0 spiro atoms. The summed E-state index contributed by atoms with van der Waals surface area (Å²) in [4.78, 5) is 12.2. The molecule has 5 heteroatoms. The summed E-state index contributed by atoms with van der Waals surface area (Å²) in [6.45, 7) is 3.76. The first-order chi connectivity index (χ1) is 11.1. The minimum absolute atomic E-state index is 0.120. The van der Waals surface area contributed by atoms with Crippen LogP contribution >= 0.6 is 0 Å². The smallest absolute Gasteiger partial charge is 0.255 e. The highest BCUT2D eigenvalue weighted by Gasteiger charge is 2.07. The minimum Gasteiger partial charge on any atom is -0.425 e. The summed E-state index contributed by atoms with van der Waals surface area (Å²) in [7, 11) is 0. The number of aryl methyl sites for hydroxylation is 2. The van der Waals surface area contributed by atoms with Crippen LogP contribution in [0, 0.1) is 13.8 Å². The molecule has 2 aromatic carbocycles. The highest BCUT2D eigenvalue weighted by Crippen LogP contribution is 2.14. The number of carbonyl (C=O) groups excluding carboxylic acids is 1. The van der Waals surface area contributed by atoms with Crippen molar-refractivity contribution in [2.24, 2.45) is 0 Å². The van der Waals surface area contributed by atoms with Gasteiger partial charge in [-0.1, -0.05) is 29.8 Å². The first-order valence-corrected chi connectivity index (χ1v) is 7.36. The van der Waals surface area contributed by atoms with Crippen molar-refractivity contribution in [1.82, 2.24) is 10.2 Å². The number of nitrogens with zero attached hydrogens (tertiary/aromatic N) is 2. The first-order valence-electron chi connectivity index (χ1n) is 7.36. The van der Waals surface area contributed by atoms with Crippen molar-refractivity contribution in [2.75, 3.05) is 5.32 Å². The standard InChI is InChI=1S/C18H17N3O2/c1-12-3-7-15(8-4-12)18(22)19-16-9-5-14(6-10-16)11-17-21-20-13(2)23-17/h3-10H,11H2,1-2H3,(H,19,22). The Bertz CT molecular complexity index is 805. The molecule has 3 rings (SSSR count). The van der Waals surface area contributed by atoms with Crippen molar-refractivity contribution in [3.05, 3.63) is 77.0 Å². The number of amides is 1. The van der Waals surface area contributed by atoms with Crippen LogP contribution in [0.2, 0.25) is 0 Å². The lowest BCUT2D eigenvalue weighted by Crippen LogP contribution is -2.11. The van der Waals surface area contributed by atoms with Gasteiger partial charge in [0, 0.05) is 18.2 Å².